The maximum Gasteiger partial charge on any atom is 0.321 e. The van der Waals surface area contributed by atoms with E-state index >= 15 is 0 Å². The van der Waals surface area contributed by atoms with Crippen LogP contribution >= 0.6 is 23.1 Å². The minimum Gasteiger partial charge on any atom is -0.335 e. The number of thioether (sulfide) groups is 1. The summed E-state index contributed by atoms with van der Waals surface area (Å²) in [7, 11) is 0. The van der Waals surface area contributed by atoms with E-state index < -0.39 is 11.9 Å². The van der Waals surface area contributed by atoms with Crippen LogP contribution in [0.1, 0.15) is 43.0 Å². The normalized spacial score (nSPS) is 14.6. The summed E-state index contributed by atoms with van der Waals surface area (Å²) in [6.07, 6.45) is 4.14. The molecule has 2 heterocycles. The average molecular weight is 409 g/mol. The van der Waals surface area contributed by atoms with Gasteiger partial charge in [0, 0.05) is 17.5 Å². The molecule has 9 heteroatoms. The van der Waals surface area contributed by atoms with Crippen LogP contribution in [0.4, 0.5) is 4.79 Å². The number of amides is 3. The molecule has 1 aliphatic carbocycles. The maximum atomic E-state index is 12.8. The van der Waals surface area contributed by atoms with Crippen LogP contribution in [0.5, 0.6) is 0 Å². The number of hydrogen-bond acceptors (Lipinski definition) is 6. The second-order valence-corrected chi connectivity index (χ2v) is 8.84. The van der Waals surface area contributed by atoms with Gasteiger partial charge in [0.05, 0.1) is 11.1 Å². The van der Waals surface area contributed by atoms with Crippen LogP contribution in [-0.2, 0) is 11.3 Å². The van der Waals surface area contributed by atoms with Crippen molar-refractivity contribution in [2.24, 2.45) is 0 Å². The molecule has 1 saturated carbocycles. The molecular weight excluding hydrogens is 384 g/mol. The molecule has 3 rings (SSSR count). The quantitative estimate of drug-likeness (QED) is 0.586. The van der Waals surface area contributed by atoms with Gasteiger partial charge in [-0.1, -0.05) is 24.6 Å². The van der Waals surface area contributed by atoms with Gasteiger partial charge >= 0.3 is 6.03 Å². The van der Waals surface area contributed by atoms with E-state index in [1.165, 1.54) is 23.1 Å². The molecule has 27 heavy (non-hydrogen) atoms. The molecule has 0 unspecified atom stereocenters. The molecule has 0 radical (unpaired) electrons. The number of thiophene rings is 1. The van der Waals surface area contributed by atoms with Gasteiger partial charge in [-0.2, -0.15) is 0 Å². The number of rotatable bonds is 5. The Hall–Kier alpha value is -1.87. The van der Waals surface area contributed by atoms with Crippen LogP contribution in [0.3, 0.4) is 0 Å². The first-order chi connectivity index (χ1) is 12.9. The van der Waals surface area contributed by atoms with E-state index in [1.807, 2.05) is 20.8 Å². The predicted molar refractivity (Wildman–Crippen MR) is 109 cm³/mol. The van der Waals surface area contributed by atoms with Crippen LogP contribution < -0.4 is 16.2 Å². The van der Waals surface area contributed by atoms with E-state index in [0.29, 0.717) is 21.9 Å². The summed E-state index contributed by atoms with van der Waals surface area (Å²) >= 11 is 2.66. The van der Waals surface area contributed by atoms with E-state index in [9.17, 15) is 14.4 Å². The molecule has 0 bridgehead atoms. The molecule has 2 N–H and O–H groups in total. The van der Waals surface area contributed by atoms with E-state index in [1.54, 1.807) is 4.57 Å². The lowest BCUT2D eigenvalue weighted by Crippen LogP contribution is -2.44. The number of nitrogens with zero attached hydrogens (tertiary/aromatic N) is 2. The lowest BCUT2D eigenvalue weighted by Gasteiger charge is -2.12. The molecule has 7 nitrogen and oxygen atoms in total. The fraction of sp³-hybridized carbons (Fsp3) is 0.556. The highest BCUT2D eigenvalue weighted by Crippen LogP contribution is 2.28. The van der Waals surface area contributed by atoms with Crippen molar-refractivity contribution >= 4 is 45.3 Å². The van der Waals surface area contributed by atoms with E-state index in [-0.39, 0.29) is 17.4 Å². The Morgan fingerprint density at radius 2 is 2.00 bits per heavy atom. The first kappa shape index (κ1) is 19.9. The number of carbonyl (C=O) groups is 2. The van der Waals surface area contributed by atoms with E-state index in [4.69, 9.17) is 0 Å². The van der Waals surface area contributed by atoms with Gasteiger partial charge in [-0.3, -0.25) is 19.5 Å². The van der Waals surface area contributed by atoms with Gasteiger partial charge in [0.1, 0.15) is 4.83 Å². The van der Waals surface area contributed by atoms with Gasteiger partial charge in [-0.05, 0) is 39.2 Å². The second-order valence-electron chi connectivity index (χ2n) is 6.70. The molecule has 146 valence electrons. The maximum absolute atomic E-state index is 12.8. The third-order valence-corrected chi connectivity index (χ3v) is 6.92. The largest absolute Gasteiger partial charge is 0.335 e. The van der Waals surface area contributed by atoms with Gasteiger partial charge in [0.25, 0.3) is 5.56 Å². The second kappa shape index (κ2) is 8.43. The predicted octanol–water partition coefficient (Wildman–Crippen LogP) is 2.96. The number of nitrogens with one attached hydrogen (secondary N) is 2. The number of imide groups is 1. The molecule has 3 amide bonds. The van der Waals surface area contributed by atoms with Crippen LogP contribution in [0, 0.1) is 13.8 Å². The topological polar surface area (TPSA) is 93.1 Å². The molecule has 0 spiro atoms. The Labute approximate surface area is 165 Å². The Morgan fingerprint density at radius 3 is 2.67 bits per heavy atom. The first-order valence-corrected chi connectivity index (χ1v) is 10.9. The zero-order valence-corrected chi connectivity index (χ0v) is 17.4. The molecule has 1 fully saturated rings. The van der Waals surface area contributed by atoms with Gasteiger partial charge in [0.2, 0.25) is 5.91 Å². The fourth-order valence-corrected chi connectivity index (χ4v) is 5.22. The summed E-state index contributed by atoms with van der Waals surface area (Å²) in [6, 6.07) is -0.293. The number of aromatic nitrogens is 2. The monoisotopic (exact) mass is 408 g/mol. The minimum absolute atomic E-state index is 0.0272. The molecule has 0 atom stereocenters. The smallest absolute Gasteiger partial charge is 0.321 e. The zero-order chi connectivity index (χ0) is 19.6. The minimum atomic E-state index is -0.451. The highest BCUT2D eigenvalue weighted by Gasteiger charge is 2.20. The summed E-state index contributed by atoms with van der Waals surface area (Å²) in [5.74, 6) is -0.370. The molecule has 1 aliphatic rings. The number of carbonyl (C=O) groups excluding carboxylic acids is 2. The first-order valence-electron chi connectivity index (χ1n) is 9.14. The number of fused-ring (bicyclic) bond motifs is 1. The van der Waals surface area contributed by atoms with Crippen molar-refractivity contribution in [3.63, 3.8) is 0 Å². The lowest BCUT2D eigenvalue weighted by atomic mass is 10.2. The SMILES string of the molecule is CCn1c(SCC(=O)NC(=O)NC2CCCC2)nc2sc(C)c(C)c2c1=O. The van der Waals surface area contributed by atoms with E-state index in [2.05, 4.69) is 15.6 Å². The molecule has 0 aliphatic heterocycles. The van der Waals surface area contributed by atoms with Crippen molar-refractivity contribution in [2.45, 2.75) is 64.2 Å². The summed E-state index contributed by atoms with van der Waals surface area (Å²) in [4.78, 5) is 43.1. The van der Waals surface area contributed by atoms with Crippen LogP contribution in [0.2, 0.25) is 0 Å². The Kier molecular flexibility index (Phi) is 6.21. The van der Waals surface area contributed by atoms with Crippen LogP contribution in [-0.4, -0.2) is 33.3 Å². The number of hydrogen-bond donors (Lipinski definition) is 2. The summed E-state index contributed by atoms with van der Waals surface area (Å²) < 4.78 is 1.58. The third-order valence-electron chi connectivity index (χ3n) is 4.85. The number of aryl methyl sites for hydroxylation is 2. The summed E-state index contributed by atoms with van der Waals surface area (Å²) in [6.45, 7) is 6.26. The van der Waals surface area contributed by atoms with Crippen molar-refractivity contribution in [1.29, 1.82) is 0 Å². The lowest BCUT2D eigenvalue weighted by molar-refractivity contribution is -0.117. The molecular formula is C18H24N4O3S2. The Bertz CT molecular complexity index is 929. The van der Waals surface area contributed by atoms with Crippen molar-refractivity contribution in [2.75, 3.05) is 5.75 Å². The van der Waals surface area contributed by atoms with Gasteiger partial charge in [0.15, 0.2) is 5.16 Å². The Balaban J connectivity index is 1.68. The average Bonchev–Trinajstić information content (AvgIpc) is 3.21. The third kappa shape index (κ3) is 4.35. The molecule has 2 aromatic heterocycles. The van der Waals surface area contributed by atoms with Crippen LogP contribution in [0.15, 0.2) is 9.95 Å². The standard InChI is InChI=1S/C18H24N4O3S2/c1-4-22-16(24)14-10(2)11(3)27-15(14)21-18(22)26-9-13(23)20-17(25)19-12-7-5-6-8-12/h12H,4-9H2,1-3H3,(H2,19,20,23,25). The molecule has 2 aromatic rings. The number of urea groups is 1. The van der Waals surface area contributed by atoms with Gasteiger partial charge in [-0.15, -0.1) is 11.3 Å². The van der Waals surface area contributed by atoms with E-state index in [0.717, 1.165) is 36.1 Å². The van der Waals surface area contributed by atoms with Crippen molar-refractivity contribution < 1.29 is 9.59 Å². The Morgan fingerprint density at radius 1 is 1.30 bits per heavy atom. The summed E-state index contributed by atoms with van der Waals surface area (Å²) in [5.41, 5.74) is 0.888. The van der Waals surface area contributed by atoms with Crippen LogP contribution in [0.25, 0.3) is 10.2 Å². The van der Waals surface area contributed by atoms with Crippen molar-refractivity contribution in [3.05, 3.63) is 20.8 Å². The highest BCUT2D eigenvalue weighted by atomic mass is 32.2. The van der Waals surface area contributed by atoms with Crippen molar-refractivity contribution in [1.82, 2.24) is 20.2 Å². The fourth-order valence-electron chi connectivity index (χ4n) is 3.28. The van der Waals surface area contributed by atoms with Gasteiger partial charge in [-0.25, -0.2) is 9.78 Å². The van der Waals surface area contributed by atoms with Gasteiger partial charge < -0.3 is 5.32 Å². The zero-order valence-electron chi connectivity index (χ0n) is 15.8. The highest BCUT2D eigenvalue weighted by molar-refractivity contribution is 7.99. The molecule has 0 saturated heterocycles. The van der Waals surface area contributed by atoms with Crippen molar-refractivity contribution in [3.8, 4) is 0 Å². The molecule has 0 aromatic carbocycles. The summed E-state index contributed by atoms with van der Waals surface area (Å²) in [5, 5.41) is 6.34.